The van der Waals surface area contributed by atoms with Gasteiger partial charge in [-0.25, -0.2) is 0 Å². The van der Waals surface area contributed by atoms with E-state index >= 15 is 0 Å². The van der Waals surface area contributed by atoms with E-state index in [1.807, 2.05) is 12.1 Å². The number of aliphatic hydroxyl groups excluding tert-OH is 1. The lowest BCUT2D eigenvalue weighted by Crippen LogP contribution is -2.19. The minimum Gasteiger partial charge on any atom is -0.496 e. The number of aliphatic hydroxyl groups is 1. The Morgan fingerprint density at radius 1 is 1.44 bits per heavy atom. The maximum absolute atomic E-state index is 11.5. The summed E-state index contributed by atoms with van der Waals surface area (Å²) in [6, 6.07) is 7.22. The predicted octanol–water partition coefficient (Wildman–Crippen LogP) is 2.34. The number of carbonyl (C=O) groups excluding carboxylic acids is 1. The smallest absolute Gasteiger partial charge is 0.138 e. The predicted molar refractivity (Wildman–Crippen MR) is 62.4 cm³/mol. The third-order valence-electron chi connectivity index (χ3n) is 2.79. The molecule has 2 atom stereocenters. The van der Waals surface area contributed by atoms with Crippen molar-refractivity contribution in [2.75, 3.05) is 7.11 Å². The molecular weight excluding hydrogens is 204 g/mol. The van der Waals surface area contributed by atoms with Crippen molar-refractivity contribution in [2.45, 2.75) is 26.4 Å². The van der Waals surface area contributed by atoms with Crippen molar-refractivity contribution < 1.29 is 14.6 Å². The van der Waals surface area contributed by atoms with Crippen molar-refractivity contribution in [2.24, 2.45) is 5.92 Å². The van der Waals surface area contributed by atoms with Gasteiger partial charge in [-0.2, -0.15) is 0 Å². The van der Waals surface area contributed by atoms with E-state index in [0.717, 1.165) is 0 Å². The number of para-hydroxylation sites is 1. The zero-order chi connectivity index (χ0) is 12.1. The summed E-state index contributed by atoms with van der Waals surface area (Å²) in [6.07, 6.45) is -0.364. The van der Waals surface area contributed by atoms with Crippen LogP contribution in [0.4, 0.5) is 0 Å². The molecule has 88 valence electrons. The second-order valence-electron chi connectivity index (χ2n) is 3.80. The fourth-order valence-corrected chi connectivity index (χ4v) is 1.68. The Balaban J connectivity index is 2.95. The zero-order valence-corrected chi connectivity index (χ0v) is 9.93. The highest BCUT2D eigenvalue weighted by atomic mass is 16.5. The first-order valence-corrected chi connectivity index (χ1v) is 5.45. The van der Waals surface area contributed by atoms with E-state index in [4.69, 9.17) is 4.74 Å². The molecule has 0 fully saturated rings. The molecule has 0 saturated carbocycles. The third kappa shape index (κ3) is 2.61. The minimum atomic E-state index is -0.802. The number of hydrogen-bond donors (Lipinski definition) is 1. The Hall–Kier alpha value is -1.35. The molecule has 0 bridgehead atoms. The van der Waals surface area contributed by atoms with Crippen LogP contribution >= 0.6 is 0 Å². The first-order valence-electron chi connectivity index (χ1n) is 5.45. The van der Waals surface area contributed by atoms with Gasteiger partial charge in [-0.3, -0.25) is 4.79 Å². The molecule has 1 rings (SSSR count). The lowest BCUT2D eigenvalue weighted by atomic mass is 9.92. The van der Waals surface area contributed by atoms with Crippen LogP contribution in [-0.4, -0.2) is 18.0 Å². The van der Waals surface area contributed by atoms with Crippen molar-refractivity contribution in [1.82, 2.24) is 0 Å². The number of ketones is 1. The average Bonchev–Trinajstić information content (AvgIpc) is 2.35. The summed E-state index contributed by atoms with van der Waals surface area (Å²) < 4.78 is 5.16. The molecule has 0 aliphatic rings. The number of benzene rings is 1. The third-order valence-corrected chi connectivity index (χ3v) is 2.79. The van der Waals surface area contributed by atoms with Crippen molar-refractivity contribution >= 4 is 5.78 Å². The van der Waals surface area contributed by atoms with Gasteiger partial charge in [0, 0.05) is 17.9 Å². The van der Waals surface area contributed by atoms with E-state index < -0.39 is 12.0 Å². The Bertz CT molecular complexity index is 360. The van der Waals surface area contributed by atoms with Crippen molar-refractivity contribution in [1.29, 1.82) is 0 Å². The number of rotatable bonds is 5. The molecule has 1 N–H and O–H groups in total. The molecule has 0 aliphatic carbocycles. The summed E-state index contributed by atoms with van der Waals surface area (Å²) >= 11 is 0. The van der Waals surface area contributed by atoms with Gasteiger partial charge in [-0.05, 0) is 6.07 Å². The fraction of sp³-hybridized carbons (Fsp3) is 0.462. The summed E-state index contributed by atoms with van der Waals surface area (Å²) in [7, 11) is 1.55. The minimum absolute atomic E-state index is 0.0541. The van der Waals surface area contributed by atoms with Gasteiger partial charge in [0.15, 0.2) is 0 Å². The molecule has 1 aromatic carbocycles. The Labute approximate surface area is 96.1 Å². The largest absolute Gasteiger partial charge is 0.496 e. The van der Waals surface area contributed by atoms with Crippen LogP contribution in [0.1, 0.15) is 31.9 Å². The van der Waals surface area contributed by atoms with Gasteiger partial charge in [-0.1, -0.05) is 32.0 Å². The second kappa shape index (κ2) is 5.66. The number of Topliss-reactive ketones (excluding diaryl/α,β-unsaturated/α-hetero) is 1. The molecule has 0 saturated heterocycles. The molecule has 3 nitrogen and oxygen atoms in total. The molecule has 3 heteroatoms. The van der Waals surface area contributed by atoms with Crippen LogP contribution in [0.2, 0.25) is 0 Å². The lowest BCUT2D eigenvalue weighted by Gasteiger charge is -2.19. The molecule has 0 amide bonds. The average molecular weight is 222 g/mol. The van der Waals surface area contributed by atoms with Crippen molar-refractivity contribution in [3.63, 3.8) is 0 Å². The van der Waals surface area contributed by atoms with Crippen LogP contribution in [-0.2, 0) is 4.79 Å². The normalized spacial score (nSPS) is 14.2. The molecular formula is C13H18O3. The maximum Gasteiger partial charge on any atom is 0.138 e. The van der Waals surface area contributed by atoms with Crippen molar-refractivity contribution in [3.8, 4) is 5.75 Å². The van der Waals surface area contributed by atoms with Crippen LogP contribution in [0.25, 0.3) is 0 Å². The van der Waals surface area contributed by atoms with Crippen LogP contribution in [0.5, 0.6) is 5.75 Å². The highest BCUT2D eigenvalue weighted by Gasteiger charge is 2.24. The van der Waals surface area contributed by atoms with Gasteiger partial charge in [0.1, 0.15) is 11.5 Å². The number of carbonyl (C=O) groups is 1. The van der Waals surface area contributed by atoms with Gasteiger partial charge in [-0.15, -0.1) is 0 Å². The van der Waals surface area contributed by atoms with Crippen LogP contribution in [0.15, 0.2) is 24.3 Å². The molecule has 0 unspecified atom stereocenters. The second-order valence-corrected chi connectivity index (χ2v) is 3.80. The number of methoxy groups -OCH3 is 1. The number of ether oxygens (including phenoxy) is 1. The van der Waals surface area contributed by atoms with Crippen LogP contribution < -0.4 is 4.74 Å². The van der Waals surface area contributed by atoms with Crippen LogP contribution in [0, 0.1) is 5.92 Å². The zero-order valence-electron chi connectivity index (χ0n) is 9.93. The van der Waals surface area contributed by atoms with E-state index in [1.54, 1.807) is 33.1 Å². The highest BCUT2D eigenvalue weighted by molar-refractivity contribution is 5.81. The molecule has 16 heavy (non-hydrogen) atoms. The fourth-order valence-electron chi connectivity index (χ4n) is 1.68. The van der Waals surface area contributed by atoms with Gasteiger partial charge in [0.05, 0.1) is 13.2 Å². The van der Waals surface area contributed by atoms with Crippen LogP contribution in [0.3, 0.4) is 0 Å². The van der Waals surface area contributed by atoms with Gasteiger partial charge in [0.25, 0.3) is 0 Å². The summed E-state index contributed by atoms with van der Waals surface area (Å²) in [5.41, 5.74) is 0.666. The van der Waals surface area contributed by atoms with Gasteiger partial charge in [0.2, 0.25) is 0 Å². The Morgan fingerprint density at radius 2 is 2.06 bits per heavy atom. The van der Waals surface area contributed by atoms with E-state index in [2.05, 4.69) is 0 Å². The molecule has 0 spiro atoms. The molecule has 0 aromatic heterocycles. The van der Waals surface area contributed by atoms with E-state index in [1.165, 1.54) is 0 Å². The summed E-state index contributed by atoms with van der Waals surface area (Å²) in [5.74, 6) is 0.269. The summed E-state index contributed by atoms with van der Waals surface area (Å²) in [5, 5.41) is 10.1. The lowest BCUT2D eigenvalue weighted by molar-refractivity contribution is -0.125. The first-order chi connectivity index (χ1) is 7.61. The van der Waals surface area contributed by atoms with Gasteiger partial charge < -0.3 is 9.84 Å². The number of hydrogen-bond acceptors (Lipinski definition) is 3. The SMILES string of the molecule is CCC(=O)[C@H](C)[C@@H](O)c1ccccc1OC. The van der Waals surface area contributed by atoms with Gasteiger partial charge >= 0.3 is 0 Å². The molecule has 0 aliphatic heterocycles. The highest BCUT2D eigenvalue weighted by Crippen LogP contribution is 2.30. The van der Waals surface area contributed by atoms with E-state index in [-0.39, 0.29) is 5.78 Å². The summed E-state index contributed by atoms with van der Waals surface area (Å²) in [6.45, 7) is 3.54. The first kappa shape index (κ1) is 12.7. The molecule has 1 aromatic rings. The Morgan fingerprint density at radius 3 is 2.62 bits per heavy atom. The topological polar surface area (TPSA) is 46.5 Å². The monoisotopic (exact) mass is 222 g/mol. The summed E-state index contributed by atoms with van der Waals surface area (Å²) in [4.78, 5) is 11.5. The molecule has 0 heterocycles. The van der Waals surface area contributed by atoms with E-state index in [9.17, 15) is 9.90 Å². The standard InChI is InChI=1S/C13H18O3/c1-4-11(14)9(2)13(15)10-7-5-6-8-12(10)16-3/h5-9,13,15H,4H2,1-3H3/t9-,13+/m0/s1. The van der Waals surface area contributed by atoms with Crippen molar-refractivity contribution in [3.05, 3.63) is 29.8 Å². The van der Waals surface area contributed by atoms with E-state index in [0.29, 0.717) is 17.7 Å². The quantitative estimate of drug-likeness (QED) is 0.831. The molecule has 0 radical (unpaired) electrons. The maximum atomic E-state index is 11.5. The Kier molecular flexibility index (Phi) is 4.50.